The van der Waals surface area contributed by atoms with Crippen molar-refractivity contribution >= 4 is 11.7 Å². The van der Waals surface area contributed by atoms with E-state index < -0.39 is 0 Å². The van der Waals surface area contributed by atoms with Crippen molar-refractivity contribution in [2.24, 2.45) is 5.10 Å². The molecule has 0 radical (unpaired) electrons. The van der Waals surface area contributed by atoms with E-state index in [0.29, 0.717) is 12.2 Å². The SMILES string of the molecule is CCOc1ccc(C2=NN3[C@H](C2)c2ccccc2O[C@@H]3c2ccc(C(=O)OC)cc2)cc1. The Kier molecular flexibility index (Phi) is 5.27. The minimum atomic E-state index is -0.387. The van der Waals surface area contributed by atoms with E-state index in [4.69, 9.17) is 19.3 Å². The van der Waals surface area contributed by atoms with Gasteiger partial charge in [-0.05, 0) is 55.0 Å². The number of carbonyl (C=O) groups is 1. The number of methoxy groups -OCH3 is 1. The van der Waals surface area contributed by atoms with Gasteiger partial charge in [0.05, 0.1) is 31.0 Å². The number of rotatable bonds is 5. The molecule has 6 heteroatoms. The van der Waals surface area contributed by atoms with Crippen LogP contribution in [0.1, 0.15) is 52.7 Å². The van der Waals surface area contributed by atoms with Gasteiger partial charge in [-0.25, -0.2) is 9.80 Å². The highest BCUT2D eigenvalue weighted by Crippen LogP contribution is 2.47. The van der Waals surface area contributed by atoms with E-state index in [2.05, 4.69) is 18.2 Å². The fourth-order valence-electron chi connectivity index (χ4n) is 4.24. The molecule has 0 aliphatic carbocycles. The molecule has 3 aromatic rings. The predicted molar refractivity (Wildman–Crippen MR) is 121 cm³/mol. The molecule has 0 saturated carbocycles. The van der Waals surface area contributed by atoms with E-state index in [1.807, 2.05) is 54.4 Å². The summed E-state index contributed by atoms with van der Waals surface area (Å²) in [5.74, 6) is 1.35. The van der Waals surface area contributed by atoms with Crippen LogP contribution in [-0.4, -0.2) is 30.4 Å². The maximum Gasteiger partial charge on any atom is 0.337 e. The Morgan fingerprint density at radius 3 is 2.53 bits per heavy atom. The Hall–Kier alpha value is -3.80. The van der Waals surface area contributed by atoms with Gasteiger partial charge in [0.1, 0.15) is 11.5 Å². The van der Waals surface area contributed by atoms with Gasteiger partial charge in [-0.2, -0.15) is 5.10 Å². The van der Waals surface area contributed by atoms with Gasteiger partial charge in [-0.3, -0.25) is 0 Å². The molecule has 2 aliphatic heterocycles. The topological polar surface area (TPSA) is 60.4 Å². The van der Waals surface area contributed by atoms with Crippen LogP contribution >= 0.6 is 0 Å². The van der Waals surface area contributed by atoms with Gasteiger partial charge in [0, 0.05) is 17.5 Å². The van der Waals surface area contributed by atoms with Crippen molar-refractivity contribution in [3.8, 4) is 11.5 Å². The van der Waals surface area contributed by atoms with Crippen molar-refractivity contribution < 1.29 is 19.0 Å². The monoisotopic (exact) mass is 428 g/mol. The summed E-state index contributed by atoms with van der Waals surface area (Å²) in [5, 5.41) is 7.01. The van der Waals surface area contributed by atoms with Gasteiger partial charge >= 0.3 is 5.97 Å². The first-order valence-electron chi connectivity index (χ1n) is 10.7. The highest BCUT2D eigenvalue weighted by molar-refractivity contribution is 6.02. The lowest BCUT2D eigenvalue weighted by Crippen LogP contribution is -2.33. The summed E-state index contributed by atoms with van der Waals surface area (Å²) in [6.07, 6.45) is 0.396. The van der Waals surface area contributed by atoms with Gasteiger partial charge in [0.25, 0.3) is 0 Å². The van der Waals surface area contributed by atoms with Gasteiger partial charge in [0.2, 0.25) is 6.23 Å². The third-order valence-corrected chi connectivity index (χ3v) is 5.81. The lowest BCUT2D eigenvalue weighted by atomic mass is 9.96. The molecule has 0 spiro atoms. The van der Waals surface area contributed by atoms with Gasteiger partial charge in [0.15, 0.2) is 0 Å². The van der Waals surface area contributed by atoms with E-state index in [9.17, 15) is 4.79 Å². The Morgan fingerprint density at radius 2 is 1.81 bits per heavy atom. The maximum absolute atomic E-state index is 11.8. The van der Waals surface area contributed by atoms with Crippen LogP contribution in [0.25, 0.3) is 0 Å². The quantitative estimate of drug-likeness (QED) is 0.528. The number of ether oxygens (including phenoxy) is 3. The molecular weight excluding hydrogens is 404 g/mol. The highest BCUT2D eigenvalue weighted by atomic mass is 16.5. The minimum Gasteiger partial charge on any atom is -0.494 e. The molecular formula is C26H24N2O4. The second kappa shape index (κ2) is 8.38. The Balaban J connectivity index is 1.50. The van der Waals surface area contributed by atoms with Crippen LogP contribution in [-0.2, 0) is 4.74 Å². The zero-order valence-electron chi connectivity index (χ0n) is 18.0. The first-order valence-corrected chi connectivity index (χ1v) is 10.7. The molecule has 0 aromatic heterocycles. The zero-order valence-corrected chi connectivity index (χ0v) is 18.0. The number of hydrazone groups is 1. The Morgan fingerprint density at radius 1 is 1.06 bits per heavy atom. The number of hydrogen-bond donors (Lipinski definition) is 0. The van der Waals surface area contributed by atoms with Crippen LogP contribution in [0, 0.1) is 0 Å². The number of nitrogens with zero attached hydrogens (tertiary/aromatic N) is 2. The summed E-state index contributed by atoms with van der Waals surface area (Å²) in [7, 11) is 1.38. The third kappa shape index (κ3) is 3.58. The van der Waals surface area contributed by atoms with Crippen molar-refractivity contribution in [3.05, 3.63) is 95.1 Å². The van der Waals surface area contributed by atoms with Crippen LogP contribution in [0.15, 0.2) is 77.9 Å². The van der Waals surface area contributed by atoms with E-state index >= 15 is 0 Å². The number of benzene rings is 3. The lowest BCUT2D eigenvalue weighted by Gasteiger charge is -2.38. The molecule has 2 heterocycles. The molecule has 162 valence electrons. The maximum atomic E-state index is 11.8. The Bertz CT molecular complexity index is 1160. The number of esters is 1. The molecule has 2 atom stereocenters. The van der Waals surface area contributed by atoms with Crippen molar-refractivity contribution in [1.29, 1.82) is 0 Å². The minimum absolute atomic E-state index is 0.0757. The molecule has 2 aliphatic rings. The second-order valence-electron chi connectivity index (χ2n) is 7.73. The summed E-state index contributed by atoms with van der Waals surface area (Å²) >= 11 is 0. The summed E-state index contributed by atoms with van der Waals surface area (Å²) in [4.78, 5) is 11.8. The van der Waals surface area contributed by atoms with Crippen LogP contribution in [0.5, 0.6) is 11.5 Å². The first-order chi connectivity index (χ1) is 15.7. The van der Waals surface area contributed by atoms with Gasteiger partial charge in [-0.15, -0.1) is 0 Å². The first kappa shape index (κ1) is 20.1. The molecule has 0 N–H and O–H groups in total. The van der Waals surface area contributed by atoms with E-state index in [1.165, 1.54) is 7.11 Å². The zero-order chi connectivity index (χ0) is 22.1. The Labute approximate surface area is 187 Å². The summed E-state index contributed by atoms with van der Waals surface area (Å²) < 4.78 is 16.8. The molecule has 0 saturated heterocycles. The third-order valence-electron chi connectivity index (χ3n) is 5.81. The van der Waals surface area contributed by atoms with Crippen molar-refractivity contribution in [3.63, 3.8) is 0 Å². The van der Waals surface area contributed by atoms with E-state index in [-0.39, 0.29) is 18.2 Å². The number of hydrogen-bond acceptors (Lipinski definition) is 6. The normalized spacial score (nSPS) is 18.8. The highest BCUT2D eigenvalue weighted by Gasteiger charge is 2.40. The fraction of sp³-hybridized carbons (Fsp3) is 0.231. The largest absolute Gasteiger partial charge is 0.494 e. The van der Waals surface area contributed by atoms with Crippen molar-refractivity contribution in [1.82, 2.24) is 5.01 Å². The van der Waals surface area contributed by atoms with Crippen LogP contribution in [0.4, 0.5) is 0 Å². The average molecular weight is 428 g/mol. The van der Waals surface area contributed by atoms with Crippen molar-refractivity contribution in [2.45, 2.75) is 25.6 Å². The molecule has 0 unspecified atom stereocenters. The number of fused-ring (bicyclic) bond motifs is 3. The molecule has 6 nitrogen and oxygen atoms in total. The second-order valence-corrected chi connectivity index (χ2v) is 7.73. The molecule has 0 amide bonds. The lowest BCUT2D eigenvalue weighted by molar-refractivity contribution is -0.0190. The fourth-order valence-corrected chi connectivity index (χ4v) is 4.24. The van der Waals surface area contributed by atoms with Crippen molar-refractivity contribution in [2.75, 3.05) is 13.7 Å². The molecule has 0 bridgehead atoms. The van der Waals surface area contributed by atoms with Crippen LogP contribution in [0.3, 0.4) is 0 Å². The van der Waals surface area contributed by atoms with Crippen LogP contribution < -0.4 is 9.47 Å². The summed E-state index contributed by atoms with van der Waals surface area (Å²) in [6, 6.07) is 23.5. The van der Waals surface area contributed by atoms with Crippen LogP contribution in [0.2, 0.25) is 0 Å². The number of para-hydroxylation sites is 1. The predicted octanol–water partition coefficient (Wildman–Crippen LogP) is 5.11. The van der Waals surface area contributed by atoms with E-state index in [0.717, 1.165) is 40.3 Å². The van der Waals surface area contributed by atoms with Gasteiger partial charge in [-0.1, -0.05) is 30.3 Å². The standard InChI is InChI=1S/C26H24N2O4/c1-3-31-20-14-12-17(13-15-20)22-16-23-21-6-4-5-7-24(21)32-25(28(23)27-22)18-8-10-19(11-9-18)26(29)30-2/h4-15,23,25H,3,16H2,1-2H3/t23-,25-/m1/s1. The molecule has 0 fully saturated rings. The molecule has 3 aromatic carbocycles. The van der Waals surface area contributed by atoms with E-state index in [1.54, 1.807) is 12.1 Å². The average Bonchev–Trinajstić information content (AvgIpc) is 3.30. The summed E-state index contributed by atoms with van der Waals surface area (Å²) in [6.45, 7) is 2.61. The molecule has 32 heavy (non-hydrogen) atoms. The van der Waals surface area contributed by atoms with Gasteiger partial charge < -0.3 is 14.2 Å². The smallest absolute Gasteiger partial charge is 0.337 e. The number of carbonyl (C=O) groups excluding carboxylic acids is 1. The summed E-state index contributed by atoms with van der Waals surface area (Å²) in [5.41, 5.74) is 4.63. The molecule has 5 rings (SSSR count).